The summed E-state index contributed by atoms with van der Waals surface area (Å²) in [5.41, 5.74) is -0.101. The lowest BCUT2D eigenvalue weighted by Gasteiger charge is -2.22. The van der Waals surface area contributed by atoms with Crippen molar-refractivity contribution in [1.82, 2.24) is 0 Å². The Labute approximate surface area is 117 Å². The Morgan fingerprint density at radius 2 is 2.10 bits per heavy atom. The molecule has 5 nitrogen and oxygen atoms in total. The van der Waals surface area contributed by atoms with Crippen LogP contribution in [0.1, 0.15) is 32.6 Å². The Morgan fingerprint density at radius 3 is 2.65 bits per heavy atom. The molecule has 1 aliphatic carbocycles. The summed E-state index contributed by atoms with van der Waals surface area (Å²) in [4.78, 5) is 10.2. The van der Waals surface area contributed by atoms with Crippen molar-refractivity contribution < 1.29 is 14.1 Å². The number of nitro groups is 1. The molecule has 110 valence electrons. The SMILES string of the molecule is COc1cc(NC(C)C2CCCC2)c(F)cc1[N+](=O)[O-]. The van der Waals surface area contributed by atoms with Crippen LogP contribution in [0.2, 0.25) is 0 Å². The molecule has 0 aliphatic heterocycles. The van der Waals surface area contributed by atoms with Gasteiger partial charge in [0.05, 0.1) is 23.8 Å². The van der Waals surface area contributed by atoms with Gasteiger partial charge in [0.1, 0.15) is 0 Å². The molecule has 20 heavy (non-hydrogen) atoms. The van der Waals surface area contributed by atoms with E-state index in [0.717, 1.165) is 18.9 Å². The number of methoxy groups -OCH3 is 1. The van der Waals surface area contributed by atoms with Crippen LogP contribution in [0.25, 0.3) is 0 Å². The van der Waals surface area contributed by atoms with Crippen molar-refractivity contribution in [2.45, 2.75) is 38.6 Å². The summed E-state index contributed by atoms with van der Waals surface area (Å²) in [5, 5.41) is 13.9. The lowest BCUT2D eigenvalue weighted by Crippen LogP contribution is -2.24. The molecule has 1 atom stereocenters. The average molecular weight is 282 g/mol. The van der Waals surface area contributed by atoms with E-state index in [-0.39, 0.29) is 23.2 Å². The van der Waals surface area contributed by atoms with Crippen molar-refractivity contribution in [1.29, 1.82) is 0 Å². The molecule has 0 bridgehead atoms. The summed E-state index contributed by atoms with van der Waals surface area (Å²) in [7, 11) is 1.34. The summed E-state index contributed by atoms with van der Waals surface area (Å²) in [6, 6.07) is 2.40. The van der Waals surface area contributed by atoms with Gasteiger partial charge < -0.3 is 10.1 Å². The minimum absolute atomic E-state index is 0.0671. The van der Waals surface area contributed by atoms with Gasteiger partial charge in [0.25, 0.3) is 0 Å². The van der Waals surface area contributed by atoms with Gasteiger partial charge in [-0.1, -0.05) is 12.8 Å². The van der Waals surface area contributed by atoms with Gasteiger partial charge in [-0.2, -0.15) is 0 Å². The third-order valence-electron chi connectivity index (χ3n) is 3.96. The molecule has 0 radical (unpaired) electrons. The number of benzene rings is 1. The Bertz CT molecular complexity index is 501. The number of hydrogen-bond acceptors (Lipinski definition) is 4. The van der Waals surface area contributed by atoms with Gasteiger partial charge in [-0.3, -0.25) is 10.1 Å². The van der Waals surface area contributed by atoms with E-state index in [1.165, 1.54) is 26.0 Å². The zero-order chi connectivity index (χ0) is 14.7. The number of halogens is 1. The van der Waals surface area contributed by atoms with Crippen molar-refractivity contribution >= 4 is 11.4 Å². The zero-order valence-electron chi connectivity index (χ0n) is 11.7. The molecule has 1 aromatic rings. The van der Waals surface area contributed by atoms with Crippen LogP contribution in [0.3, 0.4) is 0 Å². The van der Waals surface area contributed by atoms with Crippen LogP contribution < -0.4 is 10.1 Å². The van der Waals surface area contributed by atoms with Crippen LogP contribution in [0.15, 0.2) is 12.1 Å². The van der Waals surface area contributed by atoms with E-state index >= 15 is 0 Å². The van der Waals surface area contributed by atoms with E-state index in [9.17, 15) is 14.5 Å². The fraction of sp³-hybridized carbons (Fsp3) is 0.571. The van der Waals surface area contributed by atoms with Crippen molar-refractivity contribution in [3.8, 4) is 5.75 Å². The predicted molar refractivity (Wildman–Crippen MR) is 74.6 cm³/mol. The maximum atomic E-state index is 14.0. The fourth-order valence-electron chi connectivity index (χ4n) is 2.78. The molecule has 1 fully saturated rings. The van der Waals surface area contributed by atoms with E-state index in [0.29, 0.717) is 5.92 Å². The number of nitrogens with one attached hydrogen (secondary N) is 1. The van der Waals surface area contributed by atoms with E-state index in [2.05, 4.69) is 5.32 Å². The van der Waals surface area contributed by atoms with Crippen LogP contribution in [-0.4, -0.2) is 18.1 Å². The van der Waals surface area contributed by atoms with E-state index < -0.39 is 10.7 Å². The Balaban J connectivity index is 2.21. The molecule has 0 spiro atoms. The molecule has 0 saturated heterocycles. The molecular weight excluding hydrogens is 263 g/mol. The van der Waals surface area contributed by atoms with E-state index in [1.54, 1.807) is 0 Å². The van der Waals surface area contributed by atoms with Crippen LogP contribution in [0.5, 0.6) is 5.75 Å². The third-order valence-corrected chi connectivity index (χ3v) is 3.96. The summed E-state index contributed by atoms with van der Waals surface area (Å²) in [6.07, 6.45) is 4.70. The summed E-state index contributed by atoms with van der Waals surface area (Å²) >= 11 is 0. The second-order valence-corrected chi connectivity index (χ2v) is 5.24. The van der Waals surface area contributed by atoms with Gasteiger partial charge in [0.2, 0.25) is 0 Å². The number of ether oxygens (including phenoxy) is 1. The minimum atomic E-state index is -0.647. The maximum Gasteiger partial charge on any atom is 0.313 e. The minimum Gasteiger partial charge on any atom is -0.490 e. The first-order valence-electron chi connectivity index (χ1n) is 6.81. The second-order valence-electron chi connectivity index (χ2n) is 5.24. The third kappa shape index (κ3) is 3.00. The zero-order valence-corrected chi connectivity index (χ0v) is 11.7. The summed E-state index contributed by atoms with van der Waals surface area (Å²) in [5.74, 6) is -0.0320. The molecule has 1 aliphatic rings. The molecule has 1 saturated carbocycles. The Morgan fingerprint density at radius 1 is 1.45 bits per heavy atom. The number of anilines is 1. The maximum absolute atomic E-state index is 14.0. The van der Waals surface area contributed by atoms with Crippen LogP contribution >= 0.6 is 0 Å². The summed E-state index contributed by atoms with van der Waals surface area (Å²) < 4.78 is 18.9. The first kappa shape index (κ1) is 14.6. The van der Waals surface area contributed by atoms with Gasteiger partial charge >= 0.3 is 5.69 Å². The van der Waals surface area contributed by atoms with Crippen molar-refractivity contribution in [3.63, 3.8) is 0 Å². The predicted octanol–water partition coefficient (Wildman–Crippen LogP) is 3.73. The highest BCUT2D eigenvalue weighted by Crippen LogP contribution is 2.34. The van der Waals surface area contributed by atoms with Crippen molar-refractivity contribution in [2.75, 3.05) is 12.4 Å². The fourth-order valence-corrected chi connectivity index (χ4v) is 2.78. The topological polar surface area (TPSA) is 64.4 Å². The first-order chi connectivity index (χ1) is 9.52. The van der Waals surface area contributed by atoms with E-state index in [1.807, 2.05) is 6.92 Å². The molecular formula is C14H19FN2O3. The largest absolute Gasteiger partial charge is 0.490 e. The second kappa shape index (κ2) is 6.07. The highest BCUT2D eigenvalue weighted by molar-refractivity contribution is 5.59. The number of hydrogen-bond donors (Lipinski definition) is 1. The highest BCUT2D eigenvalue weighted by atomic mass is 19.1. The molecule has 0 aromatic heterocycles. The van der Waals surface area contributed by atoms with Gasteiger partial charge in [-0.05, 0) is 25.7 Å². The van der Waals surface area contributed by atoms with Crippen LogP contribution in [0, 0.1) is 21.8 Å². The monoisotopic (exact) mass is 282 g/mol. The lowest BCUT2D eigenvalue weighted by molar-refractivity contribution is -0.385. The smallest absolute Gasteiger partial charge is 0.313 e. The van der Waals surface area contributed by atoms with Gasteiger partial charge in [-0.25, -0.2) is 4.39 Å². The standard InChI is InChI=1S/C14H19FN2O3/c1-9(10-5-3-4-6-10)16-12-8-14(20-2)13(17(18)19)7-11(12)15/h7-10,16H,3-6H2,1-2H3. The van der Waals surface area contributed by atoms with Crippen LogP contribution in [-0.2, 0) is 0 Å². The van der Waals surface area contributed by atoms with Gasteiger partial charge in [0.15, 0.2) is 11.6 Å². The quantitative estimate of drug-likeness (QED) is 0.660. The van der Waals surface area contributed by atoms with Crippen molar-refractivity contribution in [3.05, 3.63) is 28.1 Å². The summed E-state index contributed by atoms with van der Waals surface area (Å²) in [6.45, 7) is 2.02. The molecule has 0 amide bonds. The Kier molecular flexibility index (Phi) is 4.42. The number of nitro benzene ring substituents is 1. The molecule has 6 heteroatoms. The Hall–Kier alpha value is -1.85. The van der Waals surface area contributed by atoms with Gasteiger partial charge in [-0.15, -0.1) is 0 Å². The molecule has 1 unspecified atom stereocenters. The van der Waals surface area contributed by atoms with Crippen molar-refractivity contribution in [2.24, 2.45) is 5.92 Å². The number of rotatable bonds is 5. The first-order valence-corrected chi connectivity index (χ1v) is 6.81. The molecule has 1 aromatic carbocycles. The van der Waals surface area contributed by atoms with Gasteiger partial charge in [0, 0.05) is 12.1 Å². The lowest BCUT2D eigenvalue weighted by atomic mass is 9.99. The molecule has 0 heterocycles. The van der Waals surface area contributed by atoms with Crippen LogP contribution in [0.4, 0.5) is 15.8 Å². The normalized spacial score (nSPS) is 16.9. The van der Waals surface area contributed by atoms with E-state index in [4.69, 9.17) is 4.74 Å². The molecule has 1 N–H and O–H groups in total. The highest BCUT2D eigenvalue weighted by Gasteiger charge is 2.24. The number of nitrogens with zero attached hydrogens (tertiary/aromatic N) is 1. The molecule has 2 rings (SSSR count). The average Bonchev–Trinajstić information content (AvgIpc) is 2.94.